The molecule has 1 aromatic carbocycles. The molecule has 2 N–H and O–H groups in total. The summed E-state index contributed by atoms with van der Waals surface area (Å²) in [6.45, 7) is 4.60. The number of hydrogen-bond donors (Lipinski definition) is 2. The zero-order valence-corrected chi connectivity index (χ0v) is 16.8. The van der Waals surface area contributed by atoms with Crippen molar-refractivity contribution < 1.29 is 9.53 Å². The van der Waals surface area contributed by atoms with Gasteiger partial charge in [0.05, 0.1) is 18.3 Å². The van der Waals surface area contributed by atoms with Crippen molar-refractivity contribution in [1.29, 1.82) is 0 Å². The molecule has 1 saturated heterocycles. The monoisotopic (exact) mass is 412 g/mol. The first-order chi connectivity index (χ1) is 12.2. The molecule has 148 valence electrons. The largest absolute Gasteiger partial charge is 0.490 e. The summed E-state index contributed by atoms with van der Waals surface area (Å²) in [6, 6.07) is 13.6. The third kappa shape index (κ3) is 6.57. The quantitative estimate of drug-likeness (QED) is 0.791. The van der Waals surface area contributed by atoms with Gasteiger partial charge in [-0.05, 0) is 24.6 Å². The second kappa shape index (κ2) is 11.6. The minimum absolute atomic E-state index is 0. The van der Waals surface area contributed by atoms with Gasteiger partial charge >= 0.3 is 6.03 Å². The Bertz CT molecular complexity index is 676. The number of rotatable bonds is 5. The average Bonchev–Trinajstić information content (AvgIpc) is 2.68. The molecular formula is C19H26Cl2N4O2. The molecule has 8 heteroatoms. The van der Waals surface area contributed by atoms with Gasteiger partial charge < -0.3 is 20.3 Å². The fourth-order valence-electron chi connectivity index (χ4n) is 2.90. The molecule has 1 aromatic heterocycles. The van der Waals surface area contributed by atoms with Gasteiger partial charge in [-0.15, -0.1) is 24.8 Å². The summed E-state index contributed by atoms with van der Waals surface area (Å²) in [7, 11) is 0. The minimum atomic E-state index is -0.0577. The number of hydrogen-bond acceptors (Lipinski definition) is 4. The van der Waals surface area contributed by atoms with Gasteiger partial charge in [0.25, 0.3) is 0 Å². The summed E-state index contributed by atoms with van der Waals surface area (Å²) in [5, 5.41) is 6.41. The predicted molar refractivity (Wildman–Crippen MR) is 111 cm³/mol. The number of nitrogens with zero attached hydrogens (tertiary/aromatic N) is 2. The molecule has 1 fully saturated rings. The van der Waals surface area contributed by atoms with Crippen LogP contribution in [0, 0.1) is 0 Å². The number of nitrogens with one attached hydrogen (secondary N) is 2. The fourth-order valence-corrected chi connectivity index (χ4v) is 2.90. The molecule has 6 nitrogen and oxygen atoms in total. The molecule has 2 heterocycles. The summed E-state index contributed by atoms with van der Waals surface area (Å²) >= 11 is 0. The van der Waals surface area contributed by atoms with Gasteiger partial charge in [0.1, 0.15) is 12.4 Å². The van der Waals surface area contributed by atoms with Crippen LogP contribution >= 0.6 is 24.8 Å². The Morgan fingerprint density at radius 3 is 2.78 bits per heavy atom. The van der Waals surface area contributed by atoms with Gasteiger partial charge in [-0.1, -0.05) is 30.3 Å². The highest BCUT2D eigenvalue weighted by atomic mass is 35.5. The van der Waals surface area contributed by atoms with E-state index in [1.165, 1.54) is 0 Å². The van der Waals surface area contributed by atoms with Crippen molar-refractivity contribution in [2.24, 2.45) is 0 Å². The lowest BCUT2D eigenvalue weighted by molar-refractivity contribution is 0.122. The highest BCUT2D eigenvalue weighted by Gasteiger charge is 2.28. The number of carbonyl (C=O) groups is 1. The Hall–Kier alpha value is -2.02. The Morgan fingerprint density at radius 2 is 2.07 bits per heavy atom. The predicted octanol–water partition coefficient (Wildman–Crippen LogP) is 3.05. The summed E-state index contributed by atoms with van der Waals surface area (Å²) in [6.07, 6.45) is 3.39. The van der Waals surface area contributed by atoms with Crippen LogP contribution in [0.1, 0.15) is 18.5 Å². The second-order valence-corrected chi connectivity index (χ2v) is 6.13. The van der Waals surface area contributed by atoms with E-state index in [0.29, 0.717) is 25.4 Å². The van der Waals surface area contributed by atoms with E-state index >= 15 is 0 Å². The van der Waals surface area contributed by atoms with Crippen molar-refractivity contribution in [3.63, 3.8) is 0 Å². The number of benzene rings is 1. The van der Waals surface area contributed by atoms with Crippen molar-refractivity contribution in [2.75, 3.05) is 26.2 Å². The molecule has 27 heavy (non-hydrogen) atoms. The van der Waals surface area contributed by atoms with Gasteiger partial charge in [-0.2, -0.15) is 0 Å². The lowest BCUT2D eigenvalue weighted by atomic mass is 10.1. The lowest BCUT2D eigenvalue weighted by Gasteiger charge is -2.36. The number of urea groups is 1. The Kier molecular flexibility index (Phi) is 9.93. The summed E-state index contributed by atoms with van der Waals surface area (Å²) < 4.78 is 5.79. The maximum Gasteiger partial charge on any atom is 0.318 e. The Morgan fingerprint density at radius 1 is 1.30 bits per heavy atom. The first kappa shape index (κ1) is 23.0. The van der Waals surface area contributed by atoms with Crippen molar-refractivity contribution in [3.05, 3.63) is 60.4 Å². The Labute approximate surface area is 172 Å². The van der Waals surface area contributed by atoms with Crippen LogP contribution in [0.3, 0.4) is 0 Å². The average molecular weight is 413 g/mol. The Balaban J connectivity index is 0.00000182. The zero-order valence-electron chi connectivity index (χ0n) is 15.2. The highest BCUT2D eigenvalue weighted by molar-refractivity contribution is 5.85. The maximum atomic E-state index is 12.7. The molecule has 3 rings (SSSR count). The van der Waals surface area contributed by atoms with Crippen LogP contribution in [-0.4, -0.2) is 48.2 Å². The minimum Gasteiger partial charge on any atom is -0.490 e. The van der Waals surface area contributed by atoms with Gasteiger partial charge in [-0.3, -0.25) is 4.98 Å². The number of piperazine rings is 1. The molecule has 2 atom stereocenters. The number of aromatic nitrogens is 1. The van der Waals surface area contributed by atoms with Crippen LogP contribution in [0.5, 0.6) is 5.75 Å². The normalized spacial score (nSPS) is 17.1. The molecule has 0 spiro atoms. The van der Waals surface area contributed by atoms with Gasteiger partial charge in [0.2, 0.25) is 0 Å². The first-order valence-electron chi connectivity index (χ1n) is 8.59. The highest BCUT2D eigenvalue weighted by Crippen LogP contribution is 2.14. The topological polar surface area (TPSA) is 66.5 Å². The van der Waals surface area contributed by atoms with Gasteiger partial charge in [-0.25, -0.2) is 4.79 Å². The van der Waals surface area contributed by atoms with Crippen molar-refractivity contribution in [1.82, 2.24) is 20.5 Å². The lowest BCUT2D eigenvalue weighted by Crippen LogP contribution is -2.58. The number of carbonyl (C=O) groups excluding carboxylic acids is 1. The number of ether oxygens (including phenoxy) is 1. The smallest absolute Gasteiger partial charge is 0.318 e. The third-order valence-electron chi connectivity index (χ3n) is 4.33. The van der Waals surface area contributed by atoms with Gasteiger partial charge in [0, 0.05) is 25.8 Å². The molecular weight excluding hydrogens is 387 g/mol. The van der Waals surface area contributed by atoms with Crippen LogP contribution in [0.4, 0.5) is 4.79 Å². The summed E-state index contributed by atoms with van der Waals surface area (Å²) in [5.74, 6) is 0.714. The molecule has 1 unspecified atom stereocenters. The summed E-state index contributed by atoms with van der Waals surface area (Å²) in [5.41, 5.74) is 1.09. The molecule has 2 aromatic rings. The molecule has 1 aliphatic heterocycles. The van der Waals surface area contributed by atoms with E-state index in [4.69, 9.17) is 4.74 Å². The molecule has 0 aliphatic carbocycles. The van der Waals surface area contributed by atoms with Crippen LogP contribution in [0.15, 0.2) is 54.9 Å². The SMILES string of the molecule is C[C@H](NC(=O)N1CCNCC1COc1cccnc1)c1ccccc1.Cl.Cl. The first-order valence-corrected chi connectivity index (χ1v) is 8.59. The standard InChI is InChI=1S/C19H24N4O2.2ClH/c1-15(16-6-3-2-4-7-16)22-19(24)23-11-10-21-12-17(23)14-25-18-8-5-9-20-13-18;;/h2-9,13,15,17,21H,10-12,14H2,1H3,(H,22,24);2*1H/t15-,17?;;/m0../s1. The van der Waals surface area contributed by atoms with Crippen molar-refractivity contribution >= 4 is 30.8 Å². The fraction of sp³-hybridized carbons (Fsp3) is 0.368. The van der Waals surface area contributed by atoms with E-state index in [1.54, 1.807) is 12.4 Å². The second-order valence-electron chi connectivity index (χ2n) is 6.13. The van der Waals surface area contributed by atoms with E-state index in [-0.39, 0.29) is 42.9 Å². The summed E-state index contributed by atoms with van der Waals surface area (Å²) in [4.78, 5) is 18.6. The number of pyridine rings is 1. The zero-order chi connectivity index (χ0) is 17.5. The molecule has 0 saturated carbocycles. The van der Waals surface area contributed by atoms with Crippen LogP contribution in [0.2, 0.25) is 0 Å². The van der Waals surface area contributed by atoms with E-state index in [9.17, 15) is 4.79 Å². The van der Waals surface area contributed by atoms with Crippen molar-refractivity contribution in [2.45, 2.75) is 19.0 Å². The van der Waals surface area contributed by atoms with Crippen LogP contribution in [-0.2, 0) is 0 Å². The molecule has 2 amide bonds. The molecule has 1 aliphatic rings. The molecule has 0 radical (unpaired) electrons. The number of halogens is 2. The van der Waals surface area contributed by atoms with E-state index in [1.807, 2.05) is 54.3 Å². The van der Waals surface area contributed by atoms with Crippen LogP contribution < -0.4 is 15.4 Å². The van der Waals surface area contributed by atoms with Crippen LogP contribution in [0.25, 0.3) is 0 Å². The maximum absolute atomic E-state index is 12.7. The van der Waals surface area contributed by atoms with Gasteiger partial charge in [0.15, 0.2) is 0 Å². The van der Waals surface area contributed by atoms with Crippen molar-refractivity contribution in [3.8, 4) is 5.75 Å². The third-order valence-corrected chi connectivity index (χ3v) is 4.33. The van der Waals surface area contributed by atoms with E-state index in [0.717, 1.165) is 12.1 Å². The van der Waals surface area contributed by atoms with E-state index < -0.39 is 0 Å². The number of amides is 2. The molecule has 0 bridgehead atoms. The van der Waals surface area contributed by atoms with E-state index in [2.05, 4.69) is 15.6 Å².